The SMILES string of the molecule is COC(=O)c1nn(-c2ccc(Cl)cc2)c2c1Cc1cc(OC)c(OC)cc1-2. The fraction of sp³-hybridized carbons (Fsp3) is 0.200. The smallest absolute Gasteiger partial charge is 0.358 e. The van der Waals surface area contributed by atoms with Crippen molar-refractivity contribution in [3.8, 4) is 28.4 Å². The molecule has 138 valence electrons. The number of hydrogen-bond donors (Lipinski definition) is 0. The van der Waals surface area contributed by atoms with E-state index in [2.05, 4.69) is 5.10 Å². The zero-order valence-electron chi connectivity index (χ0n) is 15.1. The van der Waals surface area contributed by atoms with Crippen LogP contribution in [0, 0.1) is 0 Å². The van der Waals surface area contributed by atoms with Crippen LogP contribution in [0.25, 0.3) is 16.9 Å². The first-order valence-corrected chi connectivity index (χ1v) is 8.66. The summed E-state index contributed by atoms with van der Waals surface area (Å²) in [6.45, 7) is 0. The third kappa shape index (κ3) is 2.73. The maximum atomic E-state index is 12.3. The molecule has 27 heavy (non-hydrogen) atoms. The summed E-state index contributed by atoms with van der Waals surface area (Å²) in [5.74, 6) is 0.797. The Morgan fingerprint density at radius 2 is 1.74 bits per heavy atom. The van der Waals surface area contributed by atoms with Gasteiger partial charge in [-0.2, -0.15) is 5.10 Å². The van der Waals surface area contributed by atoms with Gasteiger partial charge in [-0.05, 0) is 42.0 Å². The number of ether oxygens (including phenoxy) is 3. The molecule has 1 aromatic heterocycles. The molecule has 0 aliphatic heterocycles. The summed E-state index contributed by atoms with van der Waals surface area (Å²) in [6, 6.07) is 11.1. The normalized spacial score (nSPS) is 11.7. The summed E-state index contributed by atoms with van der Waals surface area (Å²) >= 11 is 6.01. The largest absolute Gasteiger partial charge is 0.493 e. The highest BCUT2D eigenvalue weighted by Gasteiger charge is 2.32. The molecular formula is C20H17ClN2O4. The van der Waals surface area contributed by atoms with Crippen molar-refractivity contribution < 1.29 is 19.0 Å². The molecule has 0 N–H and O–H groups in total. The molecule has 1 aliphatic carbocycles. The van der Waals surface area contributed by atoms with E-state index in [0.717, 1.165) is 28.1 Å². The van der Waals surface area contributed by atoms with Gasteiger partial charge in [-0.25, -0.2) is 9.48 Å². The molecule has 0 radical (unpaired) electrons. The van der Waals surface area contributed by atoms with Gasteiger partial charge in [0.25, 0.3) is 0 Å². The van der Waals surface area contributed by atoms with E-state index in [4.69, 9.17) is 25.8 Å². The molecule has 0 amide bonds. The number of aromatic nitrogens is 2. The summed E-state index contributed by atoms with van der Waals surface area (Å²) in [7, 11) is 4.54. The average molecular weight is 385 g/mol. The van der Waals surface area contributed by atoms with E-state index in [1.165, 1.54) is 7.11 Å². The minimum atomic E-state index is -0.467. The van der Waals surface area contributed by atoms with Crippen LogP contribution in [0.2, 0.25) is 5.02 Å². The Labute approximate surface area is 161 Å². The number of esters is 1. The van der Waals surface area contributed by atoms with Crippen LogP contribution in [0.5, 0.6) is 11.5 Å². The zero-order chi connectivity index (χ0) is 19.1. The molecule has 0 saturated heterocycles. The van der Waals surface area contributed by atoms with Crippen molar-refractivity contribution in [1.82, 2.24) is 9.78 Å². The highest BCUT2D eigenvalue weighted by Crippen LogP contribution is 2.44. The van der Waals surface area contributed by atoms with E-state index < -0.39 is 5.97 Å². The number of rotatable bonds is 4. The van der Waals surface area contributed by atoms with Crippen molar-refractivity contribution in [3.63, 3.8) is 0 Å². The third-order valence-corrected chi connectivity index (χ3v) is 4.92. The van der Waals surface area contributed by atoms with Crippen molar-refractivity contribution in [2.24, 2.45) is 0 Å². The molecule has 0 atom stereocenters. The van der Waals surface area contributed by atoms with Crippen molar-refractivity contribution >= 4 is 17.6 Å². The predicted molar refractivity (Wildman–Crippen MR) is 101 cm³/mol. The fourth-order valence-corrected chi connectivity index (χ4v) is 3.53. The predicted octanol–water partition coefficient (Wildman–Crippen LogP) is 3.90. The summed E-state index contributed by atoms with van der Waals surface area (Å²) in [4.78, 5) is 12.3. The molecule has 0 spiro atoms. The van der Waals surface area contributed by atoms with Crippen molar-refractivity contribution in [2.75, 3.05) is 21.3 Å². The van der Waals surface area contributed by atoms with Gasteiger partial charge >= 0.3 is 5.97 Å². The molecule has 6 nitrogen and oxygen atoms in total. The van der Waals surface area contributed by atoms with Crippen LogP contribution in [0.4, 0.5) is 0 Å². The minimum absolute atomic E-state index is 0.302. The number of carbonyl (C=O) groups excluding carboxylic acids is 1. The van der Waals surface area contributed by atoms with Gasteiger partial charge in [-0.3, -0.25) is 0 Å². The van der Waals surface area contributed by atoms with Gasteiger partial charge in [-0.15, -0.1) is 0 Å². The second-order valence-electron chi connectivity index (χ2n) is 6.10. The maximum absolute atomic E-state index is 12.3. The summed E-state index contributed by atoms with van der Waals surface area (Å²) in [5.41, 5.74) is 4.74. The molecule has 1 heterocycles. The van der Waals surface area contributed by atoms with E-state index in [1.54, 1.807) is 31.0 Å². The number of methoxy groups -OCH3 is 3. The Morgan fingerprint density at radius 1 is 1.07 bits per heavy atom. The quantitative estimate of drug-likeness (QED) is 0.499. The molecule has 0 bridgehead atoms. The Morgan fingerprint density at radius 3 is 2.37 bits per heavy atom. The van der Waals surface area contributed by atoms with Crippen LogP contribution in [-0.4, -0.2) is 37.1 Å². The molecule has 1 aliphatic rings. The lowest BCUT2D eigenvalue weighted by Gasteiger charge is -2.12. The number of benzene rings is 2. The van der Waals surface area contributed by atoms with Gasteiger partial charge in [0.05, 0.1) is 32.7 Å². The second kappa shape index (κ2) is 6.63. The van der Waals surface area contributed by atoms with Gasteiger partial charge in [0.15, 0.2) is 17.2 Å². The van der Waals surface area contributed by atoms with Crippen molar-refractivity contribution in [1.29, 1.82) is 0 Å². The summed E-state index contributed by atoms with van der Waals surface area (Å²) in [6.07, 6.45) is 0.559. The Bertz CT molecular complexity index is 1040. The second-order valence-corrected chi connectivity index (χ2v) is 6.53. The van der Waals surface area contributed by atoms with Gasteiger partial charge in [0.2, 0.25) is 0 Å². The summed E-state index contributed by atoms with van der Waals surface area (Å²) in [5, 5.41) is 5.15. The first-order chi connectivity index (χ1) is 13.1. The summed E-state index contributed by atoms with van der Waals surface area (Å²) < 4.78 is 17.5. The van der Waals surface area contributed by atoms with E-state index in [-0.39, 0.29) is 0 Å². The van der Waals surface area contributed by atoms with Gasteiger partial charge in [0.1, 0.15) is 0 Å². The monoisotopic (exact) mass is 384 g/mol. The Hall–Kier alpha value is -2.99. The molecule has 0 saturated carbocycles. The first kappa shape index (κ1) is 17.4. The van der Waals surface area contributed by atoms with Gasteiger partial charge < -0.3 is 14.2 Å². The van der Waals surface area contributed by atoms with Crippen LogP contribution in [0.3, 0.4) is 0 Å². The average Bonchev–Trinajstić information content (AvgIpc) is 3.23. The van der Waals surface area contributed by atoms with Crippen molar-refractivity contribution in [2.45, 2.75) is 6.42 Å². The lowest BCUT2D eigenvalue weighted by atomic mass is 10.1. The Balaban J connectivity index is 1.97. The van der Waals surface area contributed by atoms with Crippen LogP contribution < -0.4 is 9.47 Å². The van der Waals surface area contributed by atoms with E-state index in [9.17, 15) is 4.79 Å². The van der Waals surface area contributed by atoms with E-state index in [0.29, 0.717) is 28.6 Å². The van der Waals surface area contributed by atoms with Crippen LogP contribution in [-0.2, 0) is 11.2 Å². The molecule has 4 rings (SSSR count). The lowest BCUT2D eigenvalue weighted by Crippen LogP contribution is -2.07. The maximum Gasteiger partial charge on any atom is 0.358 e. The fourth-order valence-electron chi connectivity index (χ4n) is 3.40. The molecule has 7 heteroatoms. The molecule has 3 aromatic rings. The number of carbonyl (C=O) groups is 1. The van der Waals surface area contributed by atoms with E-state index in [1.807, 2.05) is 24.3 Å². The molecule has 2 aromatic carbocycles. The number of nitrogens with zero attached hydrogens (tertiary/aromatic N) is 2. The number of halogens is 1. The molecule has 0 fully saturated rings. The van der Waals surface area contributed by atoms with E-state index >= 15 is 0 Å². The molecular weight excluding hydrogens is 368 g/mol. The zero-order valence-corrected chi connectivity index (χ0v) is 15.8. The highest BCUT2D eigenvalue weighted by atomic mass is 35.5. The highest BCUT2D eigenvalue weighted by molar-refractivity contribution is 6.30. The first-order valence-electron chi connectivity index (χ1n) is 8.28. The van der Waals surface area contributed by atoms with Crippen LogP contribution in [0.1, 0.15) is 21.6 Å². The van der Waals surface area contributed by atoms with Crippen LogP contribution in [0.15, 0.2) is 36.4 Å². The topological polar surface area (TPSA) is 62.6 Å². The number of hydrogen-bond acceptors (Lipinski definition) is 5. The Kier molecular flexibility index (Phi) is 4.28. The number of fused-ring (bicyclic) bond motifs is 3. The lowest BCUT2D eigenvalue weighted by molar-refractivity contribution is 0.0592. The van der Waals surface area contributed by atoms with Gasteiger partial charge in [-0.1, -0.05) is 11.6 Å². The van der Waals surface area contributed by atoms with Crippen LogP contribution >= 0.6 is 11.6 Å². The standard InChI is InChI=1S/C20H17ClN2O4/c1-25-16-9-11-8-15-18(20(24)27-3)22-23(13-6-4-12(21)5-7-13)19(15)14(11)10-17(16)26-2/h4-7,9-10H,8H2,1-3H3. The minimum Gasteiger partial charge on any atom is -0.493 e. The third-order valence-electron chi connectivity index (χ3n) is 4.67. The van der Waals surface area contributed by atoms with Gasteiger partial charge in [0, 0.05) is 22.6 Å². The molecule has 0 unspecified atom stereocenters. The van der Waals surface area contributed by atoms with Crippen molar-refractivity contribution in [3.05, 3.63) is 58.2 Å².